The summed E-state index contributed by atoms with van der Waals surface area (Å²) in [5.74, 6) is 0. The SMILES string of the molecule is CC1OCCC1(CN)Cc1cccc(C(F)(F)F)c1. The smallest absolute Gasteiger partial charge is 0.378 e. The van der Waals surface area contributed by atoms with Gasteiger partial charge in [-0.05, 0) is 31.4 Å². The highest BCUT2D eigenvalue weighted by Gasteiger charge is 2.40. The van der Waals surface area contributed by atoms with Crippen LogP contribution in [0.1, 0.15) is 24.5 Å². The van der Waals surface area contributed by atoms with Gasteiger partial charge in [0.05, 0.1) is 11.7 Å². The molecule has 0 radical (unpaired) electrons. The fourth-order valence-electron chi connectivity index (χ4n) is 2.66. The Morgan fingerprint density at radius 3 is 2.68 bits per heavy atom. The van der Waals surface area contributed by atoms with Crippen LogP contribution in [0.25, 0.3) is 0 Å². The molecule has 106 valence electrons. The Morgan fingerprint density at radius 2 is 2.16 bits per heavy atom. The third-order valence-electron chi connectivity index (χ3n) is 4.05. The number of nitrogens with two attached hydrogens (primary N) is 1. The first-order valence-corrected chi connectivity index (χ1v) is 6.35. The molecule has 2 nitrogen and oxygen atoms in total. The fourth-order valence-corrected chi connectivity index (χ4v) is 2.66. The molecule has 1 saturated heterocycles. The maximum Gasteiger partial charge on any atom is 0.416 e. The van der Waals surface area contributed by atoms with Crippen molar-refractivity contribution in [3.8, 4) is 0 Å². The average Bonchev–Trinajstić information content (AvgIpc) is 2.71. The van der Waals surface area contributed by atoms with E-state index in [1.807, 2.05) is 6.92 Å². The predicted octanol–water partition coefficient (Wildman–Crippen LogP) is 3.00. The Balaban J connectivity index is 2.23. The molecule has 2 unspecified atom stereocenters. The first kappa shape index (κ1) is 14.3. The molecule has 1 aliphatic heterocycles. The van der Waals surface area contributed by atoms with Crippen molar-refractivity contribution in [2.24, 2.45) is 11.1 Å². The van der Waals surface area contributed by atoms with Crippen molar-refractivity contribution in [2.45, 2.75) is 32.0 Å². The molecule has 0 aromatic heterocycles. The zero-order valence-corrected chi connectivity index (χ0v) is 10.8. The van der Waals surface area contributed by atoms with Crippen LogP contribution in [-0.2, 0) is 17.3 Å². The minimum atomic E-state index is -4.30. The third-order valence-corrected chi connectivity index (χ3v) is 4.05. The second-order valence-corrected chi connectivity index (χ2v) is 5.20. The Morgan fingerprint density at radius 1 is 1.42 bits per heavy atom. The molecule has 1 aromatic rings. The highest BCUT2D eigenvalue weighted by Crippen LogP contribution is 2.38. The van der Waals surface area contributed by atoms with Crippen LogP contribution in [0.3, 0.4) is 0 Å². The summed E-state index contributed by atoms with van der Waals surface area (Å²) < 4.78 is 43.6. The van der Waals surface area contributed by atoms with Crippen molar-refractivity contribution >= 4 is 0 Å². The van der Waals surface area contributed by atoms with Gasteiger partial charge in [0, 0.05) is 18.6 Å². The number of ether oxygens (including phenoxy) is 1. The van der Waals surface area contributed by atoms with Gasteiger partial charge >= 0.3 is 6.18 Å². The number of alkyl halides is 3. The molecule has 19 heavy (non-hydrogen) atoms. The predicted molar refractivity (Wildman–Crippen MR) is 66.7 cm³/mol. The van der Waals surface area contributed by atoms with E-state index in [-0.39, 0.29) is 11.5 Å². The average molecular weight is 273 g/mol. The van der Waals surface area contributed by atoms with Crippen LogP contribution in [-0.4, -0.2) is 19.3 Å². The molecule has 1 heterocycles. The number of benzene rings is 1. The molecule has 0 saturated carbocycles. The third kappa shape index (κ3) is 2.92. The van der Waals surface area contributed by atoms with Crippen molar-refractivity contribution < 1.29 is 17.9 Å². The van der Waals surface area contributed by atoms with Gasteiger partial charge in [-0.1, -0.05) is 18.2 Å². The Hall–Kier alpha value is -1.07. The summed E-state index contributed by atoms with van der Waals surface area (Å²) in [6.45, 7) is 2.98. The molecule has 2 atom stereocenters. The van der Waals surface area contributed by atoms with Crippen molar-refractivity contribution in [1.29, 1.82) is 0 Å². The molecule has 0 bridgehead atoms. The zero-order chi connectivity index (χ0) is 14.1. The van der Waals surface area contributed by atoms with Gasteiger partial charge in [0.15, 0.2) is 0 Å². The van der Waals surface area contributed by atoms with Crippen LogP contribution in [0.2, 0.25) is 0 Å². The summed E-state index contributed by atoms with van der Waals surface area (Å²) in [5, 5.41) is 0. The molecule has 2 N–H and O–H groups in total. The second-order valence-electron chi connectivity index (χ2n) is 5.20. The van der Waals surface area contributed by atoms with Crippen molar-refractivity contribution in [1.82, 2.24) is 0 Å². The number of hydrogen-bond donors (Lipinski definition) is 1. The number of hydrogen-bond acceptors (Lipinski definition) is 2. The van der Waals surface area contributed by atoms with Gasteiger partial charge in [-0.15, -0.1) is 0 Å². The van der Waals surface area contributed by atoms with Gasteiger partial charge in [0.2, 0.25) is 0 Å². The van der Waals surface area contributed by atoms with Crippen LogP contribution in [0.15, 0.2) is 24.3 Å². The Bertz CT molecular complexity index is 447. The summed E-state index contributed by atoms with van der Waals surface area (Å²) in [6.07, 6.45) is -3.01. The van der Waals surface area contributed by atoms with Gasteiger partial charge in [-0.3, -0.25) is 0 Å². The van der Waals surface area contributed by atoms with Crippen LogP contribution < -0.4 is 5.73 Å². The fraction of sp³-hybridized carbons (Fsp3) is 0.571. The monoisotopic (exact) mass is 273 g/mol. The standard InChI is InChI=1S/C14H18F3NO/c1-10-13(9-18,5-6-19-10)8-11-3-2-4-12(7-11)14(15,16)17/h2-4,7,10H,5-6,8-9,18H2,1H3. The van der Waals surface area contributed by atoms with Crippen LogP contribution in [0.5, 0.6) is 0 Å². The minimum Gasteiger partial charge on any atom is -0.378 e. The van der Waals surface area contributed by atoms with Crippen LogP contribution >= 0.6 is 0 Å². The zero-order valence-electron chi connectivity index (χ0n) is 10.8. The molecule has 1 aliphatic rings. The van der Waals surface area contributed by atoms with Crippen molar-refractivity contribution in [2.75, 3.05) is 13.2 Å². The van der Waals surface area contributed by atoms with E-state index in [0.717, 1.165) is 12.5 Å². The number of rotatable bonds is 3. The summed E-state index contributed by atoms with van der Waals surface area (Å²) in [7, 11) is 0. The van der Waals surface area contributed by atoms with Crippen LogP contribution in [0.4, 0.5) is 13.2 Å². The van der Waals surface area contributed by atoms with Gasteiger partial charge < -0.3 is 10.5 Å². The van der Waals surface area contributed by atoms with E-state index in [1.54, 1.807) is 6.07 Å². The Kier molecular flexibility index (Phi) is 3.87. The second kappa shape index (κ2) is 5.13. The first-order chi connectivity index (χ1) is 8.87. The van der Waals surface area contributed by atoms with Crippen molar-refractivity contribution in [3.63, 3.8) is 0 Å². The Labute approximate surface area is 110 Å². The lowest BCUT2D eigenvalue weighted by molar-refractivity contribution is -0.137. The molecule has 5 heteroatoms. The van der Waals surface area contributed by atoms with E-state index < -0.39 is 11.7 Å². The molecule has 1 fully saturated rings. The molecular formula is C14H18F3NO. The maximum absolute atomic E-state index is 12.7. The van der Waals surface area contributed by atoms with Crippen molar-refractivity contribution in [3.05, 3.63) is 35.4 Å². The van der Waals surface area contributed by atoms with E-state index in [2.05, 4.69) is 0 Å². The molecule has 1 aromatic carbocycles. The van der Waals surface area contributed by atoms with Gasteiger partial charge in [0.1, 0.15) is 0 Å². The summed E-state index contributed by atoms with van der Waals surface area (Å²) in [6, 6.07) is 5.47. The highest BCUT2D eigenvalue weighted by molar-refractivity contribution is 5.27. The lowest BCUT2D eigenvalue weighted by atomic mass is 9.76. The lowest BCUT2D eigenvalue weighted by Gasteiger charge is -2.31. The summed E-state index contributed by atoms with van der Waals surface area (Å²) >= 11 is 0. The van der Waals surface area contributed by atoms with Gasteiger partial charge in [0.25, 0.3) is 0 Å². The molecular weight excluding hydrogens is 255 g/mol. The normalized spacial score (nSPS) is 27.7. The van der Waals surface area contributed by atoms with E-state index in [9.17, 15) is 13.2 Å². The van der Waals surface area contributed by atoms with E-state index >= 15 is 0 Å². The topological polar surface area (TPSA) is 35.2 Å². The van der Waals surface area contributed by atoms with E-state index in [0.29, 0.717) is 25.1 Å². The molecule has 0 aliphatic carbocycles. The molecule has 2 rings (SSSR count). The summed E-state index contributed by atoms with van der Waals surface area (Å²) in [5.41, 5.74) is 5.64. The van der Waals surface area contributed by atoms with Gasteiger partial charge in [-0.25, -0.2) is 0 Å². The minimum absolute atomic E-state index is 0.0213. The van der Waals surface area contributed by atoms with E-state index in [1.165, 1.54) is 12.1 Å². The highest BCUT2D eigenvalue weighted by atomic mass is 19.4. The molecule has 0 spiro atoms. The summed E-state index contributed by atoms with van der Waals surface area (Å²) in [4.78, 5) is 0. The number of halogens is 3. The van der Waals surface area contributed by atoms with E-state index in [4.69, 9.17) is 10.5 Å². The van der Waals surface area contributed by atoms with Gasteiger partial charge in [-0.2, -0.15) is 13.2 Å². The quantitative estimate of drug-likeness (QED) is 0.918. The van der Waals surface area contributed by atoms with Crippen LogP contribution in [0, 0.1) is 5.41 Å². The molecule has 0 amide bonds. The maximum atomic E-state index is 12.7. The largest absolute Gasteiger partial charge is 0.416 e. The lowest BCUT2D eigenvalue weighted by Crippen LogP contribution is -2.38. The first-order valence-electron chi connectivity index (χ1n) is 6.35.